The van der Waals surface area contributed by atoms with Crippen molar-refractivity contribution in [3.63, 3.8) is 0 Å². The quantitative estimate of drug-likeness (QED) is 0.663. The van der Waals surface area contributed by atoms with Gasteiger partial charge in [-0.3, -0.25) is 5.10 Å². The van der Waals surface area contributed by atoms with E-state index in [1.807, 2.05) is 13.0 Å². The predicted octanol–water partition coefficient (Wildman–Crippen LogP) is 0.570. The number of hydrogen-bond donors (Lipinski definition) is 1. The van der Waals surface area contributed by atoms with Crippen LogP contribution in [0.1, 0.15) is 5.69 Å². The van der Waals surface area contributed by atoms with Gasteiger partial charge in [-0.25, -0.2) is 4.98 Å². The van der Waals surface area contributed by atoms with Crippen LogP contribution in [0.4, 0.5) is 0 Å². The van der Waals surface area contributed by atoms with Gasteiger partial charge in [0.05, 0.1) is 11.9 Å². The molecule has 1 N–H and O–H groups in total. The van der Waals surface area contributed by atoms with Gasteiger partial charge >= 0.3 is 0 Å². The van der Waals surface area contributed by atoms with E-state index in [0.29, 0.717) is 0 Å². The minimum atomic E-state index is 0.724. The monoisotopic (exact) mass is 161 g/mol. The van der Waals surface area contributed by atoms with E-state index in [1.165, 1.54) is 6.33 Å². The second-order valence-electron chi connectivity index (χ2n) is 2.36. The third kappa shape index (κ3) is 1.05. The Bertz CT molecular complexity index is 367. The number of hydrogen-bond acceptors (Lipinski definition) is 4. The van der Waals surface area contributed by atoms with Crippen molar-refractivity contribution in [2.45, 2.75) is 6.92 Å². The zero-order valence-electron chi connectivity index (χ0n) is 6.52. The van der Waals surface area contributed by atoms with E-state index in [1.54, 1.807) is 6.20 Å². The SMILES string of the molecule is Cc1nnccc1-c1ncn[nH]1. The second kappa shape index (κ2) is 2.69. The molecule has 0 aliphatic heterocycles. The lowest BCUT2D eigenvalue weighted by Gasteiger charge is -1.96. The maximum Gasteiger partial charge on any atom is 0.157 e. The highest BCUT2D eigenvalue weighted by molar-refractivity contribution is 5.55. The Kier molecular flexibility index (Phi) is 1.55. The summed E-state index contributed by atoms with van der Waals surface area (Å²) in [5.41, 5.74) is 1.77. The van der Waals surface area contributed by atoms with Gasteiger partial charge in [0, 0.05) is 5.56 Å². The van der Waals surface area contributed by atoms with E-state index in [-0.39, 0.29) is 0 Å². The van der Waals surface area contributed by atoms with Crippen LogP contribution in [0.3, 0.4) is 0 Å². The molecule has 2 aromatic rings. The van der Waals surface area contributed by atoms with Crippen LogP contribution in [0.2, 0.25) is 0 Å². The second-order valence-corrected chi connectivity index (χ2v) is 2.36. The summed E-state index contributed by atoms with van der Waals surface area (Å²) >= 11 is 0. The number of nitrogens with zero attached hydrogens (tertiary/aromatic N) is 4. The summed E-state index contributed by atoms with van der Waals surface area (Å²) in [6.07, 6.45) is 3.10. The van der Waals surface area contributed by atoms with Crippen molar-refractivity contribution in [3.8, 4) is 11.4 Å². The molecule has 0 aliphatic rings. The van der Waals surface area contributed by atoms with Crippen molar-refractivity contribution < 1.29 is 0 Å². The third-order valence-corrected chi connectivity index (χ3v) is 1.58. The van der Waals surface area contributed by atoms with Crippen LogP contribution in [0.5, 0.6) is 0 Å². The first kappa shape index (κ1) is 6.90. The first-order valence-electron chi connectivity index (χ1n) is 3.52. The molecule has 0 spiro atoms. The minimum absolute atomic E-state index is 0.724. The van der Waals surface area contributed by atoms with Crippen LogP contribution in [0, 0.1) is 6.92 Å². The summed E-state index contributed by atoms with van der Waals surface area (Å²) in [5.74, 6) is 0.724. The molecule has 2 aromatic heterocycles. The number of aromatic nitrogens is 5. The molecule has 5 heteroatoms. The number of nitrogens with one attached hydrogen (secondary N) is 1. The van der Waals surface area contributed by atoms with Crippen molar-refractivity contribution in [2.75, 3.05) is 0 Å². The Morgan fingerprint density at radius 3 is 3.00 bits per heavy atom. The van der Waals surface area contributed by atoms with Crippen LogP contribution in [-0.4, -0.2) is 25.4 Å². The molecule has 0 aromatic carbocycles. The van der Waals surface area contributed by atoms with Crippen molar-refractivity contribution >= 4 is 0 Å². The summed E-state index contributed by atoms with van der Waals surface area (Å²) in [6.45, 7) is 1.88. The van der Waals surface area contributed by atoms with Gasteiger partial charge in [0.2, 0.25) is 0 Å². The van der Waals surface area contributed by atoms with Gasteiger partial charge in [-0.05, 0) is 13.0 Å². The highest BCUT2D eigenvalue weighted by Gasteiger charge is 2.03. The molecule has 0 unspecified atom stereocenters. The molecule has 60 valence electrons. The molecule has 0 bridgehead atoms. The lowest BCUT2D eigenvalue weighted by Crippen LogP contribution is -1.90. The normalized spacial score (nSPS) is 10.1. The number of aryl methyl sites for hydroxylation is 1. The Hall–Kier alpha value is -1.78. The highest BCUT2D eigenvalue weighted by atomic mass is 15.2. The molecule has 0 saturated carbocycles. The molecule has 0 amide bonds. The number of rotatable bonds is 1. The molecule has 0 saturated heterocycles. The van der Waals surface area contributed by atoms with Crippen molar-refractivity contribution in [3.05, 3.63) is 24.3 Å². The largest absolute Gasteiger partial charge is 0.259 e. The van der Waals surface area contributed by atoms with Gasteiger partial charge in [0.25, 0.3) is 0 Å². The van der Waals surface area contributed by atoms with E-state index in [2.05, 4.69) is 25.4 Å². The Morgan fingerprint density at radius 2 is 2.33 bits per heavy atom. The maximum absolute atomic E-state index is 4.01. The summed E-state index contributed by atoms with van der Waals surface area (Å²) in [6, 6.07) is 1.85. The van der Waals surface area contributed by atoms with Crippen LogP contribution < -0.4 is 0 Å². The van der Waals surface area contributed by atoms with Gasteiger partial charge in [0.1, 0.15) is 6.33 Å². The molecule has 0 radical (unpaired) electrons. The fraction of sp³-hybridized carbons (Fsp3) is 0.143. The maximum atomic E-state index is 4.01. The Morgan fingerprint density at radius 1 is 1.42 bits per heavy atom. The van der Waals surface area contributed by atoms with Gasteiger partial charge in [-0.15, -0.1) is 0 Å². The minimum Gasteiger partial charge on any atom is -0.259 e. The fourth-order valence-corrected chi connectivity index (χ4v) is 0.988. The van der Waals surface area contributed by atoms with Crippen LogP contribution in [0.15, 0.2) is 18.6 Å². The molecule has 0 aliphatic carbocycles. The van der Waals surface area contributed by atoms with Gasteiger partial charge in [-0.2, -0.15) is 15.3 Å². The first-order valence-corrected chi connectivity index (χ1v) is 3.52. The van der Waals surface area contributed by atoms with E-state index >= 15 is 0 Å². The van der Waals surface area contributed by atoms with Crippen LogP contribution >= 0.6 is 0 Å². The fourth-order valence-electron chi connectivity index (χ4n) is 0.988. The lowest BCUT2D eigenvalue weighted by molar-refractivity contribution is 0.975. The van der Waals surface area contributed by atoms with E-state index in [4.69, 9.17) is 0 Å². The molecule has 2 rings (SSSR count). The summed E-state index contributed by atoms with van der Waals surface area (Å²) < 4.78 is 0. The molecule has 5 nitrogen and oxygen atoms in total. The lowest BCUT2D eigenvalue weighted by atomic mass is 10.2. The topological polar surface area (TPSA) is 67.3 Å². The van der Waals surface area contributed by atoms with Gasteiger partial charge < -0.3 is 0 Å². The molecule has 0 fully saturated rings. The number of H-pyrrole nitrogens is 1. The third-order valence-electron chi connectivity index (χ3n) is 1.58. The van der Waals surface area contributed by atoms with Crippen LogP contribution in [0.25, 0.3) is 11.4 Å². The van der Waals surface area contributed by atoms with Crippen molar-refractivity contribution in [2.24, 2.45) is 0 Å². The number of aromatic amines is 1. The zero-order valence-corrected chi connectivity index (χ0v) is 6.52. The predicted molar refractivity (Wildman–Crippen MR) is 42.1 cm³/mol. The average Bonchev–Trinajstić information content (AvgIpc) is 2.57. The van der Waals surface area contributed by atoms with Crippen molar-refractivity contribution in [1.82, 2.24) is 25.4 Å². The summed E-state index contributed by atoms with van der Waals surface area (Å²) in [4.78, 5) is 4.01. The molecule has 2 heterocycles. The van der Waals surface area contributed by atoms with E-state index in [9.17, 15) is 0 Å². The van der Waals surface area contributed by atoms with Crippen LogP contribution in [-0.2, 0) is 0 Å². The highest BCUT2D eigenvalue weighted by Crippen LogP contribution is 2.14. The summed E-state index contributed by atoms with van der Waals surface area (Å²) in [5, 5.41) is 14.2. The first-order chi connectivity index (χ1) is 5.88. The standard InChI is InChI=1S/C7H7N5/c1-5-6(2-3-9-11-5)7-8-4-10-12-7/h2-4H,1H3,(H,8,10,12). The van der Waals surface area contributed by atoms with Gasteiger partial charge in [0.15, 0.2) is 5.82 Å². The Balaban J connectivity index is 2.55. The van der Waals surface area contributed by atoms with Crippen molar-refractivity contribution in [1.29, 1.82) is 0 Å². The summed E-state index contributed by atoms with van der Waals surface area (Å²) in [7, 11) is 0. The Labute approximate surface area is 68.9 Å². The molecular formula is C7H7N5. The molecule has 0 atom stereocenters. The van der Waals surface area contributed by atoms with E-state index in [0.717, 1.165) is 17.1 Å². The van der Waals surface area contributed by atoms with Gasteiger partial charge in [-0.1, -0.05) is 0 Å². The molecule has 12 heavy (non-hydrogen) atoms. The zero-order chi connectivity index (χ0) is 8.39. The van der Waals surface area contributed by atoms with E-state index < -0.39 is 0 Å². The molecular weight excluding hydrogens is 154 g/mol. The average molecular weight is 161 g/mol. The smallest absolute Gasteiger partial charge is 0.157 e.